The third-order valence-electron chi connectivity index (χ3n) is 4.03. The van der Waals surface area contributed by atoms with E-state index in [0.717, 1.165) is 6.54 Å². The maximum atomic E-state index is 4.28. The Morgan fingerprint density at radius 3 is 2.53 bits per heavy atom. The first-order chi connectivity index (χ1) is 9.31. The summed E-state index contributed by atoms with van der Waals surface area (Å²) in [5.74, 6) is 0.695. The van der Waals surface area contributed by atoms with Crippen LogP contribution in [0.4, 0.5) is 0 Å². The molecule has 1 aromatic carbocycles. The van der Waals surface area contributed by atoms with Gasteiger partial charge in [-0.1, -0.05) is 30.3 Å². The molecule has 1 aromatic heterocycles. The lowest BCUT2D eigenvalue weighted by Gasteiger charge is -2.31. The van der Waals surface area contributed by atoms with Gasteiger partial charge in [0.1, 0.15) is 0 Å². The Morgan fingerprint density at radius 2 is 1.89 bits per heavy atom. The molecule has 100 valence electrons. The molecule has 0 saturated carbocycles. The van der Waals surface area contributed by atoms with Crippen LogP contribution in [0.3, 0.4) is 0 Å². The van der Waals surface area contributed by atoms with Gasteiger partial charge in [0.25, 0.3) is 0 Å². The van der Waals surface area contributed by atoms with Gasteiger partial charge in [0, 0.05) is 19.8 Å². The van der Waals surface area contributed by atoms with Crippen LogP contribution in [-0.4, -0.2) is 27.8 Å². The van der Waals surface area contributed by atoms with Crippen LogP contribution in [0.25, 0.3) is 0 Å². The molecule has 0 radical (unpaired) electrons. The van der Waals surface area contributed by atoms with E-state index in [9.17, 15) is 0 Å². The number of benzene rings is 1. The van der Waals surface area contributed by atoms with Gasteiger partial charge in [-0.05, 0) is 43.0 Å². The zero-order valence-corrected chi connectivity index (χ0v) is 11.5. The molecule has 0 spiro atoms. The van der Waals surface area contributed by atoms with E-state index in [1.165, 1.54) is 37.1 Å². The molecule has 0 N–H and O–H groups in total. The highest BCUT2D eigenvalue weighted by Gasteiger charge is 2.21. The molecule has 2 aromatic rings. The molecule has 1 aliphatic heterocycles. The van der Waals surface area contributed by atoms with Crippen molar-refractivity contribution in [1.29, 1.82) is 0 Å². The van der Waals surface area contributed by atoms with E-state index >= 15 is 0 Å². The number of aryl methyl sites for hydroxylation is 1. The van der Waals surface area contributed by atoms with Crippen molar-refractivity contribution >= 4 is 0 Å². The van der Waals surface area contributed by atoms with Crippen molar-refractivity contribution in [2.24, 2.45) is 7.05 Å². The zero-order valence-electron chi connectivity index (χ0n) is 11.5. The Labute approximate surface area is 114 Å². The molecule has 1 fully saturated rings. The summed E-state index contributed by atoms with van der Waals surface area (Å²) in [7, 11) is 1.99. The summed E-state index contributed by atoms with van der Waals surface area (Å²) in [6.07, 6.45) is 6.69. The summed E-state index contributed by atoms with van der Waals surface area (Å²) in [6, 6.07) is 10.8. The Morgan fingerprint density at radius 1 is 1.16 bits per heavy atom. The largest absolute Gasteiger partial charge is 0.299 e. The van der Waals surface area contributed by atoms with Crippen LogP contribution in [0.5, 0.6) is 0 Å². The van der Waals surface area contributed by atoms with Gasteiger partial charge < -0.3 is 0 Å². The van der Waals surface area contributed by atoms with Gasteiger partial charge in [0.05, 0.1) is 6.20 Å². The zero-order chi connectivity index (χ0) is 13.1. The van der Waals surface area contributed by atoms with Crippen LogP contribution in [0.2, 0.25) is 0 Å². The predicted molar refractivity (Wildman–Crippen MR) is 76.9 cm³/mol. The molecule has 0 atom stereocenters. The Kier molecular flexibility index (Phi) is 3.65. The average Bonchev–Trinajstić information content (AvgIpc) is 2.87. The lowest BCUT2D eigenvalue weighted by atomic mass is 9.91. The summed E-state index contributed by atoms with van der Waals surface area (Å²) in [5.41, 5.74) is 2.82. The molecule has 0 bridgehead atoms. The first-order valence-corrected chi connectivity index (χ1v) is 7.06. The predicted octanol–water partition coefficient (Wildman–Crippen LogP) is 2.80. The molecule has 3 rings (SSSR count). The quantitative estimate of drug-likeness (QED) is 0.841. The average molecular weight is 255 g/mol. The first kappa shape index (κ1) is 12.4. The molecular formula is C16H21N3. The van der Waals surface area contributed by atoms with Crippen molar-refractivity contribution < 1.29 is 0 Å². The summed E-state index contributed by atoms with van der Waals surface area (Å²) in [6.45, 7) is 3.46. The number of rotatable bonds is 3. The van der Waals surface area contributed by atoms with Crippen molar-refractivity contribution in [3.05, 3.63) is 53.9 Å². The number of aromatic nitrogens is 2. The van der Waals surface area contributed by atoms with Crippen molar-refractivity contribution in [1.82, 2.24) is 14.7 Å². The standard InChI is InChI=1S/C16H21N3/c1-18-13-16(11-17-18)15-7-9-19(10-8-15)12-14-5-3-2-4-6-14/h2-6,11,13,15H,7-10,12H2,1H3. The number of likely N-dealkylation sites (tertiary alicyclic amines) is 1. The highest BCUT2D eigenvalue weighted by Crippen LogP contribution is 2.28. The Hall–Kier alpha value is -1.61. The molecular weight excluding hydrogens is 234 g/mol. The first-order valence-electron chi connectivity index (χ1n) is 7.06. The van der Waals surface area contributed by atoms with Crippen LogP contribution in [-0.2, 0) is 13.6 Å². The van der Waals surface area contributed by atoms with Gasteiger partial charge in [0.2, 0.25) is 0 Å². The second kappa shape index (κ2) is 5.57. The molecule has 3 nitrogen and oxygen atoms in total. The number of piperidine rings is 1. The normalized spacial score (nSPS) is 17.7. The van der Waals surface area contributed by atoms with Gasteiger partial charge in [0.15, 0.2) is 0 Å². The molecule has 1 saturated heterocycles. The van der Waals surface area contributed by atoms with Crippen molar-refractivity contribution in [2.75, 3.05) is 13.1 Å². The third kappa shape index (κ3) is 3.04. The minimum Gasteiger partial charge on any atom is -0.299 e. The third-order valence-corrected chi connectivity index (χ3v) is 4.03. The summed E-state index contributed by atoms with van der Waals surface area (Å²) in [4.78, 5) is 2.56. The van der Waals surface area contributed by atoms with Crippen LogP contribution in [0.15, 0.2) is 42.7 Å². The van der Waals surface area contributed by atoms with E-state index in [-0.39, 0.29) is 0 Å². The SMILES string of the molecule is Cn1cc(C2CCN(Cc3ccccc3)CC2)cn1. The molecule has 3 heteroatoms. The van der Waals surface area contributed by atoms with Gasteiger partial charge in [-0.15, -0.1) is 0 Å². The van der Waals surface area contributed by atoms with E-state index in [0.29, 0.717) is 5.92 Å². The van der Waals surface area contributed by atoms with E-state index in [2.05, 4.69) is 46.5 Å². The topological polar surface area (TPSA) is 21.1 Å². The fourth-order valence-electron chi connectivity index (χ4n) is 2.92. The van der Waals surface area contributed by atoms with Crippen LogP contribution in [0, 0.1) is 0 Å². The Balaban J connectivity index is 1.55. The second-order valence-electron chi connectivity index (χ2n) is 5.48. The molecule has 19 heavy (non-hydrogen) atoms. The monoisotopic (exact) mass is 255 g/mol. The summed E-state index contributed by atoms with van der Waals surface area (Å²) in [5, 5.41) is 4.28. The molecule has 0 aliphatic carbocycles. The van der Waals surface area contributed by atoms with Gasteiger partial charge in [-0.2, -0.15) is 5.10 Å². The fourth-order valence-corrected chi connectivity index (χ4v) is 2.92. The summed E-state index contributed by atoms with van der Waals surface area (Å²) >= 11 is 0. The molecule has 0 unspecified atom stereocenters. The number of hydrogen-bond acceptors (Lipinski definition) is 2. The van der Waals surface area contributed by atoms with E-state index < -0.39 is 0 Å². The number of nitrogens with zero attached hydrogens (tertiary/aromatic N) is 3. The van der Waals surface area contributed by atoms with Crippen LogP contribution >= 0.6 is 0 Å². The van der Waals surface area contributed by atoms with Gasteiger partial charge in [-0.25, -0.2) is 0 Å². The van der Waals surface area contributed by atoms with Crippen molar-refractivity contribution in [3.8, 4) is 0 Å². The lowest BCUT2D eigenvalue weighted by molar-refractivity contribution is 0.204. The maximum Gasteiger partial charge on any atom is 0.0524 e. The van der Waals surface area contributed by atoms with E-state index in [1.807, 2.05) is 17.9 Å². The smallest absolute Gasteiger partial charge is 0.0524 e. The Bertz CT molecular complexity index is 510. The molecule has 0 amide bonds. The van der Waals surface area contributed by atoms with Crippen LogP contribution < -0.4 is 0 Å². The minimum atomic E-state index is 0.695. The minimum absolute atomic E-state index is 0.695. The van der Waals surface area contributed by atoms with E-state index in [1.54, 1.807) is 0 Å². The number of hydrogen-bond donors (Lipinski definition) is 0. The molecule has 2 heterocycles. The molecule has 1 aliphatic rings. The highest BCUT2D eigenvalue weighted by atomic mass is 15.2. The highest BCUT2D eigenvalue weighted by molar-refractivity contribution is 5.15. The van der Waals surface area contributed by atoms with Gasteiger partial charge in [-0.3, -0.25) is 9.58 Å². The van der Waals surface area contributed by atoms with Crippen LogP contribution in [0.1, 0.15) is 29.9 Å². The maximum absolute atomic E-state index is 4.28. The fraction of sp³-hybridized carbons (Fsp3) is 0.438. The second-order valence-corrected chi connectivity index (χ2v) is 5.48. The van der Waals surface area contributed by atoms with Gasteiger partial charge >= 0.3 is 0 Å². The summed E-state index contributed by atoms with van der Waals surface area (Å²) < 4.78 is 1.91. The van der Waals surface area contributed by atoms with Crippen molar-refractivity contribution in [3.63, 3.8) is 0 Å². The van der Waals surface area contributed by atoms with E-state index in [4.69, 9.17) is 0 Å². The van der Waals surface area contributed by atoms with Crippen molar-refractivity contribution in [2.45, 2.75) is 25.3 Å². The lowest BCUT2D eigenvalue weighted by Crippen LogP contribution is -2.32.